The summed E-state index contributed by atoms with van der Waals surface area (Å²) in [5.74, 6) is 0. The van der Waals surface area contributed by atoms with Gasteiger partial charge in [-0.05, 0) is 23.9 Å². The molecule has 1 aromatic carbocycles. The van der Waals surface area contributed by atoms with Gasteiger partial charge in [-0.2, -0.15) is 5.26 Å². The summed E-state index contributed by atoms with van der Waals surface area (Å²) in [6, 6.07) is 4.18. The summed E-state index contributed by atoms with van der Waals surface area (Å²) in [4.78, 5) is 10.4. The number of benzene rings is 1. The van der Waals surface area contributed by atoms with E-state index in [1.807, 2.05) is 5.40 Å². The number of anilines is 1. The van der Waals surface area contributed by atoms with Gasteiger partial charge in [0.05, 0.1) is 4.92 Å². The Morgan fingerprint density at radius 1 is 1.62 bits per heavy atom. The molecule has 0 amide bonds. The maximum atomic E-state index is 10.3. The quantitative estimate of drug-likeness (QED) is 0.255. The molecule has 0 spiro atoms. The van der Waals surface area contributed by atoms with Crippen LogP contribution in [0.2, 0.25) is 0 Å². The topological polar surface area (TPSA) is 92.9 Å². The molecule has 0 aromatic heterocycles. The molecule has 0 heterocycles. The van der Waals surface area contributed by atoms with Crippen molar-refractivity contribution in [1.29, 1.82) is 5.26 Å². The van der Waals surface area contributed by atoms with E-state index in [1.54, 1.807) is 0 Å². The Morgan fingerprint density at radius 3 is 2.77 bits per heavy atom. The first-order chi connectivity index (χ1) is 6.15. The fourth-order valence-electron chi connectivity index (χ4n) is 0.815. The van der Waals surface area contributed by atoms with Crippen molar-refractivity contribution in [1.82, 2.24) is 0 Å². The predicted molar refractivity (Wildman–Crippen MR) is 49.0 cm³/mol. The lowest BCUT2D eigenvalue weighted by Crippen LogP contribution is -1.94. The van der Waals surface area contributed by atoms with Crippen molar-refractivity contribution in [3.8, 4) is 5.40 Å². The molecule has 2 N–H and O–H groups in total. The molecule has 1 aromatic rings. The van der Waals surface area contributed by atoms with Crippen LogP contribution < -0.4 is 5.73 Å². The summed E-state index contributed by atoms with van der Waals surface area (Å²) >= 11 is 0.913. The lowest BCUT2D eigenvalue weighted by Gasteiger charge is -1.97. The van der Waals surface area contributed by atoms with Crippen LogP contribution in [0.1, 0.15) is 0 Å². The molecule has 0 atom stereocenters. The van der Waals surface area contributed by atoms with E-state index in [0.717, 1.165) is 11.8 Å². The SMILES string of the molecule is N#CSc1ccc([N+](=O)[O-])c(N)c1. The number of rotatable bonds is 2. The molecule has 1 rings (SSSR count). The van der Waals surface area contributed by atoms with Crippen LogP contribution in [0.5, 0.6) is 0 Å². The summed E-state index contributed by atoms with van der Waals surface area (Å²) in [5, 5.41) is 20.5. The Kier molecular flexibility index (Phi) is 2.72. The average molecular weight is 195 g/mol. The van der Waals surface area contributed by atoms with E-state index in [9.17, 15) is 10.1 Å². The first-order valence-corrected chi connectivity index (χ1v) is 4.06. The van der Waals surface area contributed by atoms with E-state index in [2.05, 4.69) is 0 Å². The van der Waals surface area contributed by atoms with Crippen LogP contribution in [-0.2, 0) is 0 Å². The van der Waals surface area contributed by atoms with Gasteiger partial charge in [-0.25, -0.2) is 0 Å². The van der Waals surface area contributed by atoms with Crippen LogP contribution in [0.25, 0.3) is 0 Å². The van der Waals surface area contributed by atoms with Crippen LogP contribution in [0, 0.1) is 20.8 Å². The van der Waals surface area contributed by atoms with Crippen LogP contribution in [0.4, 0.5) is 11.4 Å². The molecule has 0 unspecified atom stereocenters. The summed E-state index contributed by atoms with van der Waals surface area (Å²) in [7, 11) is 0. The highest BCUT2D eigenvalue weighted by atomic mass is 32.2. The number of hydrogen-bond donors (Lipinski definition) is 1. The first-order valence-electron chi connectivity index (χ1n) is 3.25. The maximum Gasteiger partial charge on any atom is 0.292 e. The van der Waals surface area contributed by atoms with Gasteiger partial charge in [-0.3, -0.25) is 10.1 Å². The molecule has 0 fully saturated rings. The number of nitrogens with two attached hydrogens (primary N) is 1. The molecular weight excluding hydrogens is 190 g/mol. The summed E-state index contributed by atoms with van der Waals surface area (Å²) < 4.78 is 0. The molecule has 0 bridgehead atoms. The number of thioether (sulfide) groups is 1. The normalized spacial score (nSPS) is 9.15. The second-order valence-electron chi connectivity index (χ2n) is 2.17. The van der Waals surface area contributed by atoms with Crippen molar-refractivity contribution in [2.45, 2.75) is 4.90 Å². The van der Waals surface area contributed by atoms with Crippen LogP contribution in [0.15, 0.2) is 23.1 Å². The molecule has 0 saturated carbocycles. The zero-order chi connectivity index (χ0) is 9.84. The first kappa shape index (κ1) is 9.35. The smallest absolute Gasteiger partial charge is 0.292 e. The number of nitro benzene ring substituents is 1. The molecule has 13 heavy (non-hydrogen) atoms. The fraction of sp³-hybridized carbons (Fsp3) is 0. The Bertz CT molecular complexity index is 386. The molecule has 6 heteroatoms. The van der Waals surface area contributed by atoms with Gasteiger partial charge in [-0.15, -0.1) is 0 Å². The summed E-state index contributed by atoms with van der Waals surface area (Å²) in [5.41, 5.74) is 5.33. The number of nitriles is 1. The molecular formula is C7H5N3O2S. The highest BCUT2D eigenvalue weighted by Gasteiger charge is 2.10. The van der Waals surface area contributed by atoms with Crippen molar-refractivity contribution in [2.24, 2.45) is 0 Å². The van der Waals surface area contributed by atoms with E-state index in [1.165, 1.54) is 18.2 Å². The lowest BCUT2D eigenvalue weighted by molar-refractivity contribution is -0.383. The third-order valence-corrected chi connectivity index (χ3v) is 1.94. The third-order valence-electron chi connectivity index (χ3n) is 1.36. The van der Waals surface area contributed by atoms with Gasteiger partial charge in [0.15, 0.2) is 0 Å². The van der Waals surface area contributed by atoms with E-state index in [0.29, 0.717) is 4.90 Å². The molecule has 0 aliphatic carbocycles. The zero-order valence-corrected chi connectivity index (χ0v) is 7.25. The van der Waals surface area contributed by atoms with Gasteiger partial charge in [0.2, 0.25) is 0 Å². The standard InChI is InChI=1S/C7H5N3O2S/c8-4-13-5-1-2-7(10(11)12)6(9)3-5/h1-3H,9H2. The fourth-order valence-corrected chi connectivity index (χ4v) is 1.24. The second-order valence-corrected chi connectivity index (χ2v) is 3.03. The molecule has 0 saturated heterocycles. The Balaban J connectivity index is 3.07. The van der Waals surface area contributed by atoms with E-state index in [4.69, 9.17) is 11.0 Å². The average Bonchev–Trinajstić information content (AvgIpc) is 2.04. The number of nitrogen functional groups attached to an aromatic ring is 1. The number of nitrogens with zero attached hydrogens (tertiary/aromatic N) is 2. The summed E-state index contributed by atoms with van der Waals surface area (Å²) in [6.45, 7) is 0. The Morgan fingerprint density at radius 2 is 2.31 bits per heavy atom. The van der Waals surface area contributed by atoms with Gasteiger partial charge in [-0.1, -0.05) is 0 Å². The lowest BCUT2D eigenvalue weighted by atomic mass is 10.3. The van der Waals surface area contributed by atoms with Gasteiger partial charge >= 0.3 is 0 Å². The molecule has 0 aliphatic rings. The molecule has 5 nitrogen and oxygen atoms in total. The van der Waals surface area contributed by atoms with Gasteiger partial charge in [0, 0.05) is 11.0 Å². The Hall–Kier alpha value is -1.74. The molecule has 0 radical (unpaired) electrons. The van der Waals surface area contributed by atoms with Crippen molar-refractivity contribution < 1.29 is 4.92 Å². The van der Waals surface area contributed by atoms with Crippen molar-refractivity contribution in [2.75, 3.05) is 5.73 Å². The number of thiocyanates is 1. The number of nitro groups is 1. The predicted octanol–water partition coefficient (Wildman–Crippen LogP) is 1.75. The van der Waals surface area contributed by atoms with Crippen LogP contribution >= 0.6 is 11.8 Å². The monoisotopic (exact) mass is 195 g/mol. The van der Waals surface area contributed by atoms with E-state index in [-0.39, 0.29) is 11.4 Å². The van der Waals surface area contributed by atoms with Gasteiger partial charge in [0.25, 0.3) is 5.69 Å². The molecule has 66 valence electrons. The largest absolute Gasteiger partial charge is 0.393 e. The van der Waals surface area contributed by atoms with Crippen molar-refractivity contribution in [3.63, 3.8) is 0 Å². The number of hydrogen-bond acceptors (Lipinski definition) is 5. The third kappa shape index (κ3) is 2.10. The Labute approximate surface area is 78.3 Å². The van der Waals surface area contributed by atoms with Gasteiger partial charge < -0.3 is 5.73 Å². The van der Waals surface area contributed by atoms with E-state index < -0.39 is 4.92 Å². The van der Waals surface area contributed by atoms with Gasteiger partial charge in [0.1, 0.15) is 11.1 Å². The minimum Gasteiger partial charge on any atom is -0.393 e. The second kappa shape index (κ2) is 3.78. The minimum atomic E-state index is -0.559. The highest BCUT2D eigenvalue weighted by molar-refractivity contribution is 8.03. The summed E-state index contributed by atoms with van der Waals surface area (Å²) in [6.07, 6.45) is 0. The zero-order valence-electron chi connectivity index (χ0n) is 6.43. The van der Waals surface area contributed by atoms with Crippen molar-refractivity contribution >= 4 is 23.1 Å². The van der Waals surface area contributed by atoms with E-state index >= 15 is 0 Å². The maximum absolute atomic E-state index is 10.3. The molecule has 0 aliphatic heterocycles. The van der Waals surface area contributed by atoms with Crippen molar-refractivity contribution in [3.05, 3.63) is 28.3 Å². The highest BCUT2D eigenvalue weighted by Crippen LogP contribution is 2.26. The van der Waals surface area contributed by atoms with Crippen LogP contribution in [-0.4, -0.2) is 4.92 Å². The van der Waals surface area contributed by atoms with Crippen LogP contribution in [0.3, 0.4) is 0 Å². The minimum absolute atomic E-state index is 0.0743.